The van der Waals surface area contributed by atoms with Gasteiger partial charge in [-0.05, 0) is 31.3 Å². The Morgan fingerprint density at radius 2 is 2.00 bits per heavy atom. The smallest absolute Gasteiger partial charge is 0.0468 e. The fourth-order valence-corrected chi connectivity index (χ4v) is 2.20. The van der Waals surface area contributed by atoms with Gasteiger partial charge < -0.3 is 10.4 Å². The number of hydrogen-bond donors (Lipinski definition) is 2. The van der Waals surface area contributed by atoms with Crippen LogP contribution in [0.3, 0.4) is 0 Å². The summed E-state index contributed by atoms with van der Waals surface area (Å²) in [5.74, 6) is 1.38. The maximum Gasteiger partial charge on any atom is 0.0468 e. The molecule has 2 heteroatoms. The summed E-state index contributed by atoms with van der Waals surface area (Å²) in [5, 5.41) is 12.3. The monoisotopic (exact) mass is 199 g/mol. The van der Waals surface area contributed by atoms with E-state index < -0.39 is 0 Å². The van der Waals surface area contributed by atoms with E-state index >= 15 is 0 Å². The Labute approximate surface area is 88.1 Å². The van der Waals surface area contributed by atoms with Gasteiger partial charge in [0.05, 0.1) is 0 Å². The zero-order valence-corrected chi connectivity index (χ0v) is 9.47. The minimum absolute atomic E-state index is 0.302. The highest BCUT2D eigenvalue weighted by atomic mass is 16.3. The van der Waals surface area contributed by atoms with Gasteiger partial charge in [-0.1, -0.05) is 39.0 Å². The molecule has 0 heterocycles. The first kappa shape index (κ1) is 12.0. The number of nitrogens with one attached hydrogen (secondary N) is 1. The molecule has 1 aliphatic carbocycles. The van der Waals surface area contributed by atoms with Crippen molar-refractivity contribution in [2.45, 2.75) is 45.4 Å². The van der Waals surface area contributed by atoms with Crippen molar-refractivity contribution in [3.8, 4) is 0 Å². The van der Waals surface area contributed by atoms with E-state index in [1.807, 2.05) is 0 Å². The highest BCUT2D eigenvalue weighted by Crippen LogP contribution is 2.25. The van der Waals surface area contributed by atoms with Gasteiger partial charge in [-0.2, -0.15) is 0 Å². The van der Waals surface area contributed by atoms with E-state index in [4.69, 9.17) is 5.11 Å². The molecule has 1 unspecified atom stereocenters. The molecule has 0 saturated heterocycles. The van der Waals surface area contributed by atoms with Crippen LogP contribution in [0.5, 0.6) is 0 Å². The van der Waals surface area contributed by atoms with Gasteiger partial charge >= 0.3 is 0 Å². The first-order valence-electron chi connectivity index (χ1n) is 6.14. The standard InChI is InChI=1S/C12H25NO/c1-11(10-14)9-13-8-7-12-5-3-2-4-6-12/h11-14H,2-10H2,1H3. The molecule has 1 fully saturated rings. The largest absolute Gasteiger partial charge is 0.396 e. The minimum Gasteiger partial charge on any atom is -0.396 e. The lowest BCUT2D eigenvalue weighted by Crippen LogP contribution is -2.25. The van der Waals surface area contributed by atoms with Crippen LogP contribution in [0.25, 0.3) is 0 Å². The molecule has 0 amide bonds. The fraction of sp³-hybridized carbons (Fsp3) is 1.00. The Morgan fingerprint density at radius 3 is 2.64 bits per heavy atom. The summed E-state index contributed by atoms with van der Waals surface area (Å²) in [7, 11) is 0. The first-order chi connectivity index (χ1) is 6.83. The predicted octanol–water partition coefficient (Wildman–Crippen LogP) is 2.17. The summed E-state index contributed by atoms with van der Waals surface area (Å²) in [6.45, 7) is 4.47. The van der Waals surface area contributed by atoms with Crippen molar-refractivity contribution in [3.05, 3.63) is 0 Å². The van der Waals surface area contributed by atoms with Gasteiger partial charge in [0.2, 0.25) is 0 Å². The lowest BCUT2D eigenvalue weighted by Gasteiger charge is -2.21. The van der Waals surface area contributed by atoms with Gasteiger partial charge in [0, 0.05) is 6.61 Å². The number of aliphatic hydroxyl groups is 1. The third-order valence-electron chi connectivity index (χ3n) is 3.26. The predicted molar refractivity (Wildman–Crippen MR) is 60.3 cm³/mol. The molecular formula is C12H25NO. The van der Waals surface area contributed by atoms with Gasteiger partial charge in [-0.3, -0.25) is 0 Å². The van der Waals surface area contributed by atoms with Gasteiger partial charge in [0.15, 0.2) is 0 Å². The van der Waals surface area contributed by atoms with E-state index in [-0.39, 0.29) is 0 Å². The molecule has 0 aromatic carbocycles. The van der Waals surface area contributed by atoms with Crippen LogP contribution in [-0.4, -0.2) is 24.8 Å². The number of aliphatic hydroxyl groups excluding tert-OH is 1. The van der Waals surface area contributed by atoms with Crippen LogP contribution >= 0.6 is 0 Å². The molecule has 0 aromatic heterocycles. The second-order valence-electron chi connectivity index (χ2n) is 4.78. The third-order valence-corrected chi connectivity index (χ3v) is 3.26. The molecule has 0 spiro atoms. The van der Waals surface area contributed by atoms with Crippen LogP contribution in [-0.2, 0) is 0 Å². The average molecular weight is 199 g/mol. The third kappa shape index (κ3) is 4.97. The van der Waals surface area contributed by atoms with Crippen LogP contribution in [0.4, 0.5) is 0 Å². The van der Waals surface area contributed by atoms with Crippen LogP contribution in [0.15, 0.2) is 0 Å². The Balaban J connectivity index is 1.92. The lowest BCUT2D eigenvalue weighted by molar-refractivity contribution is 0.232. The topological polar surface area (TPSA) is 32.3 Å². The maximum absolute atomic E-state index is 8.84. The molecule has 14 heavy (non-hydrogen) atoms. The van der Waals surface area contributed by atoms with Crippen molar-refractivity contribution in [3.63, 3.8) is 0 Å². The summed E-state index contributed by atoms with van der Waals surface area (Å²) in [6.07, 6.45) is 8.55. The van der Waals surface area contributed by atoms with Gasteiger partial charge in [0.1, 0.15) is 0 Å². The molecular weight excluding hydrogens is 174 g/mol. The summed E-state index contributed by atoms with van der Waals surface area (Å²) in [6, 6.07) is 0. The normalized spacial score (nSPS) is 21.0. The zero-order valence-electron chi connectivity index (χ0n) is 9.47. The molecule has 2 nitrogen and oxygen atoms in total. The lowest BCUT2D eigenvalue weighted by atomic mass is 9.87. The Morgan fingerprint density at radius 1 is 1.29 bits per heavy atom. The SMILES string of the molecule is CC(CO)CNCCC1CCCCC1. The Kier molecular flexibility index (Phi) is 6.20. The Hall–Kier alpha value is -0.0800. The molecule has 0 aromatic rings. The second-order valence-corrected chi connectivity index (χ2v) is 4.78. The van der Waals surface area contributed by atoms with E-state index in [1.165, 1.54) is 38.5 Å². The van der Waals surface area contributed by atoms with Crippen molar-refractivity contribution >= 4 is 0 Å². The van der Waals surface area contributed by atoms with Gasteiger partial charge in [-0.25, -0.2) is 0 Å². The summed E-state index contributed by atoms with van der Waals surface area (Å²) < 4.78 is 0. The van der Waals surface area contributed by atoms with E-state index in [1.54, 1.807) is 0 Å². The summed E-state index contributed by atoms with van der Waals surface area (Å²) in [4.78, 5) is 0. The van der Waals surface area contributed by atoms with Crippen molar-refractivity contribution < 1.29 is 5.11 Å². The van der Waals surface area contributed by atoms with E-state index in [2.05, 4.69) is 12.2 Å². The first-order valence-corrected chi connectivity index (χ1v) is 6.14. The van der Waals surface area contributed by atoms with E-state index in [9.17, 15) is 0 Å². The second kappa shape index (κ2) is 7.24. The molecule has 2 N–H and O–H groups in total. The molecule has 84 valence electrons. The Bertz CT molecular complexity index is 132. The maximum atomic E-state index is 8.84. The van der Waals surface area contributed by atoms with E-state index in [0.717, 1.165) is 19.0 Å². The molecule has 1 rings (SSSR count). The van der Waals surface area contributed by atoms with Crippen LogP contribution in [0.2, 0.25) is 0 Å². The van der Waals surface area contributed by atoms with Crippen molar-refractivity contribution in [2.75, 3.05) is 19.7 Å². The molecule has 1 saturated carbocycles. The highest BCUT2D eigenvalue weighted by molar-refractivity contribution is 4.67. The van der Waals surface area contributed by atoms with Crippen molar-refractivity contribution in [2.24, 2.45) is 11.8 Å². The highest BCUT2D eigenvalue weighted by Gasteiger charge is 2.12. The van der Waals surface area contributed by atoms with Crippen molar-refractivity contribution in [1.29, 1.82) is 0 Å². The molecule has 0 aliphatic heterocycles. The fourth-order valence-electron chi connectivity index (χ4n) is 2.20. The van der Waals surface area contributed by atoms with Gasteiger partial charge in [-0.15, -0.1) is 0 Å². The van der Waals surface area contributed by atoms with E-state index in [0.29, 0.717) is 12.5 Å². The number of hydrogen-bond acceptors (Lipinski definition) is 2. The van der Waals surface area contributed by atoms with Crippen LogP contribution < -0.4 is 5.32 Å². The number of rotatable bonds is 6. The van der Waals surface area contributed by atoms with Crippen LogP contribution in [0, 0.1) is 11.8 Å². The van der Waals surface area contributed by atoms with Crippen molar-refractivity contribution in [1.82, 2.24) is 5.32 Å². The average Bonchev–Trinajstić information content (AvgIpc) is 2.25. The molecule has 0 radical (unpaired) electrons. The van der Waals surface area contributed by atoms with Gasteiger partial charge in [0.25, 0.3) is 0 Å². The summed E-state index contributed by atoms with van der Waals surface area (Å²) in [5.41, 5.74) is 0. The zero-order chi connectivity index (χ0) is 10.2. The molecule has 1 atom stereocenters. The quantitative estimate of drug-likeness (QED) is 0.643. The van der Waals surface area contributed by atoms with Crippen LogP contribution in [0.1, 0.15) is 45.4 Å². The minimum atomic E-state index is 0.302. The molecule has 0 bridgehead atoms. The molecule has 1 aliphatic rings. The summed E-state index contributed by atoms with van der Waals surface area (Å²) >= 11 is 0.